The SMILES string of the molecule is B=c1c(-c2ccc3c4c(cccc24)C2C=CC=CC32)c2c(B)c(B)c(B)c(B)c2c(-n2c(C)nc3ccccc32)/c1=C(B)/C(B)=C(/B)C. The van der Waals surface area contributed by atoms with Gasteiger partial charge in [-0.25, -0.2) is 0 Å². The number of hydrogen-bond acceptors (Lipinski definition) is 1. The number of rotatable bonds is 3. The van der Waals surface area contributed by atoms with Gasteiger partial charge in [0, 0.05) is 0 Å². The molecule has 1 aromatic heterocycles. The van der Waals surface area contributed by atoms with Gasteiger partial charge in [-0.05, 0) is 0 Å². The van der Waals surface area contributed by atoms with E-state index in [0.29, 0.717) is 11.8 Å². The Balaban J connectivity index is 1.66. The normalized spacial score (nSPS) is 17.7. The van der Waals surface area contributed by atoms with Gasteiger partial charge in [0.1, 0.15) is 0 Å². The zero-order valence-corrected chi connectivity index (χ0v) is 29.8. The van der Waals surface area contributed by atoms with Crippen LogP contribution >= 0.6 is 0 Å². The molecule has 0 spiro atoms. The quantitative estimate of drug-likeness (QED) is 0.214. The topological polar surface area (TPSA) is 17.8 Å². The van der Waals surface area contributed by atoms with Crippen LogP contribution in [0.25, 0.3) is 54.9 Å². The van der Waals surface area contributed by atoms with E-state index in [-0.39, 0.29) is 0 Å². The van der Waals surface area contributed by atoms with Crippen LogP contribution in [-0.4, -0.2) is 72.0 Å². The van der Waals surface area contributed by atoms with Crippen LogP contribution in [0.15, 0.2) is 89.8 Å². The third kappa shape index (κ3) is 4.17. The molecule has 0 aliphatic heterocycles. The molecule has 0 amide bonds. The van der Waals surface area contributed by atoms with Crippen molar-refractivity contribution in [3.8, 4) is 16.8 Å². The Morgan fingerprint density at radius 1 is 0.750 bits per heavy atom. The van der Waals surface area contributed by atoms with Crippen LogP contribution in [0, 0.1) is 12.0 Å². The van der Waals surface area contributed by atoms with Gasteiger partial charge in [0.15, 0.2) is 0 Å². The average Bonchev–Trinajstić information content (AvgIpc) is 3.60. The minimum atomic E-state index is 0.389. The van der Waals surface area contributed by atoms with Crippen molar-refractivity contribution in [1.82, 2.24) is 9.55 Å². The van der Waals surface area contributed by atoms with Crippen molar-refractivity contribution in [2.75, 3.05) is 0 Å². The third-order valence-corrected chi connectivity index (χ3v) is 11.9. The van der Waals surface area contributed by atoms with Gasteiger partial charge in [-0.3, -0.25) is 0 Å². The van der Waals surface area contributed by atoms with Crippen LogP contribution in [0.2, 0.25) is 0 Å². The van der Waals surface area contributed by atoms with Gasteiger partial charge in [0.25, 0.3) is 0 Å². The number of benzene rings is 5. The zero-order chi connectivity index (χ0) is 33.8. The predicted molar refractivity (Wildman–Crippen MR) is 230 cm³/mol. The second-order valence-electron chi connectivity index (χ2n) is 14.4. The van der Waals surface area contributed by atoms with Crippen LogP contribution in [-0.2, 0) is 0 Å². The van der Waals surface area contributed by atoms with Gasteiger partial charge in [0.05, 0.1) is 0 Å². The van der Waals surface area contributed by atoms with Gasteiger partial charge in [-0.1, -0.05) is 0 Å². The summed E-state index contributed by atoms with van der Waals surface area (Å²) in [5.41, 5.74) is 17.9. The van der Waals surface area contributed by atoms with Crippen LogP contribution in [0.5, 0.6) is 0 Å². The molecule has 2 aliphatic carbocycles. The Hall–Kier alpha value is -4.30. The van der Waals surface area contributed by atoms with Gasteiger partial charge in [0.2, 0.25) is 0 Å². The van der Waals surface area contributed by atoms with E-state index in [2.05, 4.69) is 152 Å². The Morgan fingerprint density at radius 3 is 2.08 bits per heavy atom. The van der Waals surface area contributed by atoms with Crippen molar-refractivity contribution in [3.63, 3.8) is 0 Å². The second-order valence-corrected chi connectivity index (χ2v) is 14.4. The van der Waals surface area contributed by atoms with Crippen molar-refractivity contribution in [2.45, 2.75) is 25.7 Å². The van der Waals surface area contributed by atoms with Crippen molar-refractivity contribution >= 4 is 122 Å². The molecule has 6 aromatic rings. The van der Waals surface area contributed by atoms with Crippen molar-refractivity contribution < 1.29 is 0 Å². The molecular weight excluding hydrogens is 571 g/mol. The fourth-order valence-electron chi connectivity index (χ4n) is 8.82. The van der Waals surface area contributed by atoms with E-state index in [4.69, 9.17) is 12.5 Å². The predicted octanol–water partition coefficient (Wildman–Crippen LogP) is -1.96. The number of fused-ring (bicyclic) bond motifs is 5. The fourth-order valence-corrected chi connectivity index (χ4v) is 8.82. The first-order valence-electron chi connectivity index (χ1n) is 17.3. The first kappa shape index (κ1) is 31.0. The van der Waals surface area contributed by atoms with Crippen LogP contribution in [0.3, 0.4) is 0 Å². The molecule has 0 N–H and O–H groups in total. The fraction of sp³-hybridized carbons (Fsp3) is 0.105. The molecule has 2 nitrogen and oxygen atoms in total. The molecule has 5 aromatic carbocycles. The Bertz CT molecular complexity index is 2620. The van der Waals surface area contributed by atoms with Crippen LogP contribution < -0.4 is 27.1 Å². The molecule has 0 fully saturated rings. The monoisotopic (exact) mass is 608 g/mol. The first-order chi connectivity index (χ1) is 23.0. The average molecular weight is 607 g/mol. The number of aromatic nitrogens is 2. The molecule has 0 saturated heterocycles. The van der Waals surface area contributed by atoms with E-state index in [1.807, 2.05) is 0 Å². The molecule has 2 aliphatic rings. The molecule has 2 atom stereocenters. The van der Waals surface area contributed by atoms with Gasteiger partial charge in [-0.2, -0.15) is 0 Å². The zero-order valence-electron chi connectivity index (χ0n) is 29.8. The second kappa shape index (κ2) is 11.1. The number of imidazole rings is 1. The van der Waals surface area contributed by atoms with E-state index >= 15 is 0 Å². The summed E-state index contributed by atoms with van der Waals surface area (Å²) in [6.45, 7) is 4.36. The number of allylic oxidation sites excluding steroid dienone is 6. The summed E-state index contributed by atoms with van der Waals surface area (Å²) in [6.07, 6.45) is 9.18. The molecule has 2 unspecified atom stereocenters. The van der Waals surface area contributed by atoms with E-state index in [9.17, 15) is 0 Å². The van der Waals surface area contributed by atoms with E-state index < -0.39 is 0 Å². The molecule has 222 valence electrons. The summed E-state index contributed by atoms with van der Waals surface area (Å²) in [7, 11) is 21.0. The van der Waals surface area contributed by atoms with Gasteiger partial charge >= 0.3 is 291 Å². The van der Waals surface area contributed by atoms with Crippen LogP contribution in [0.4, 0.5) is 0 Å². The van der Waals surface area contributed by atoms with Crippen molar-refractivity contribution in [1.29, 1.82) is 0 Å². The molecule has 10 heteroatoms. The molecule has 0 bridgehead atoms. The maximum absolute atomic E-state index is 5.09. The third-order valence-electron chi connectivity index (χ3n) is 11.9. The number of hydrogen-bond donors (Lipinski definition) is 0. The number of nitrogens with zero attached hydrogens (tertiary/aromatic N) is 2. The summed E-state index contributed by atoms with van der Waals surface area (Å²) in [5, 5.41) is 7.61. The summed E-state index contributed by atoms with van der Waals surface area (Å²) in [5.74, 6) is 1.76. The Kier molecular flexibility index (Phi) is 7.18. The molecule has 1 heterocycles. The van der Waals surface area contributed by atoms with Gasteiger partial charge < -0.3 is 0 Å². The van der Waals surface area contributed by atoms with Crippen molar-refractivity contribution in [3.05, 3.63) is 117 Å². The van der Waals surface area contributed by atoms with E-state index in [0.717, 1.165) is 22.0 Å². The molecule has 0 radical (unpaired) electrons. The Morgan fingerprint density at radius 2 is 1.40 bits per heavy atom. The molecule has 48 heavy (non-hydrogen) atoms. The van der Waals surface area contributed by atoms with Crippen LogP contribution in [0.1, 0.15) is 35.7 Å². The molecular formula is C38H36B8N2. The summed E-state index contributed by atoms with van der Waals surface area (Å²) in [4.78, 5) is 5.09. The Labute approximate surface area is 290 Å². The summed E-state index contributed by atoms with van der Waals surface area (Å²) < 4.78 is 2.41. The van der Waals surface area contributed by atoms with Crippen molar-refractivity contribution in [2.24, 2.45) is 0 Å². The van der Waals surface area contributed by atoms with E-state index in [1.54, 1.807) is 0 Å². The first-order valence-corrected chi connectivity index (χ1v) is 17.3. The minimum absolute atomic E-state index is 0.389. The summed E-state index contributed by atoms with van der Waals surface area (Å²) >= 11 is 0. The van der Waals surface area contributed by atoms with Gasteiger partial charge in [-0.15, -0.1) is 0 Å². The molecule has 0 saturated carbocycles. The molecule has 8 rings (SSSR count). The standard InChI is InChI=1S/C38H36B8N2/c1-16(39)31(40)35(44)30-32(41)27(23-15-14-22-19-9-4-3-8-18(19)20-10-7-11-21(23)26(20)22)28-29(34(43)37(46)36(45)33(28)42)38(30)48-17(2)47-24-12-5-6-13-25(24)48/h3-15,18-19,41H,39-40,42-46H2,1-2H3/b31-16-,35-30-. The maximum atomic E-state index is 5.09. The number of para-hydroxylation sites is 2. The summed E-state index contributed by atoms with van der Waals surface area (Å²) in [6, 6.07) is 20.3. The van der Waals surface area contributed by atoms with E-state index in [1.165, 1.54) is 93.0 Å². The number of aryl methyl sites for hydroxylation is 1.